The number of benzene rings is 1. The molecule has 1 aromatic carbocycles. The van der Waals surface area contributed by atoms with Gasteiger partial charge in [-0.3, -0.25) is 4.79 Å². The first-order valence-corrected chi connectivity index (χ1v) is 9.09. The molecule has 0 bridgehead atoms. The number of rotatable bonds is 4. The quantitative estimate of drug-likeness (QED) is 0.858. The summed E-state index contributed by atoms with van der Waals surface area (Å²) < 4.78 is 22.9. The average molecular weight is 341 g/mol. The Kier molecular flexibility index (Phi) is 4.93. The predicted molar refractivity (Wildman–Crippen MR) is 82.1 cm³/mol. The first kappa shape index (κ1) is 17.3. The molecular formula is C15H19NO6S. The van der Waals surface area contributed by atoms with E-state index in [9.17, 15) is 23.1 Å². The van der Waals surface area contributed by atoms with Gasteiger partial charge >= 0.3 is 12.1 Å². The minimum atomic E-state index is -3.28. The Morgan fingerprint density at radius 1 is 1.22 bits per heavy atom. The number of piperidine rings is 1. The van der Waals surface area contributed by atoms with Gasteiger partial charge in [-0.1, -0.05) is 12.1 Å². The van der Waals surface area contributed by atoms with E-state index in [1.54, 1.807) is 12.1 Å². The van der Waals surface area contributed by atoms with Crippen LogP contribution in [0.1, 0.15) is 18.4 Å². The monoisotopic (exact) mass is 341 g/mol. The highest BCUT2D eigenvalue weighted by Gasteiger charge is 2.34. The third-order valence-electron chi connectivity index (χ3n) is 4.13. The summed E-state index contributed by atoms with van der Waals surface area (Å²) in [5.74, 6) is -1.46. The number of carboxylic acid groups (broad SMARTS) is 2. The largest absolute Gasteiger partial charge is 0.481 e. The highest BCUT2D eigenvalue weighted by Crippen LogP contribution is 2.26. The fraction of sp³-hybridized carbons (Fsp3) is 0.467. The first-order chi connectivity index (χ1) is 10.7. The lowest BCUT2D eigenvalue weighted by Gasteiger charge is -2.36. The number of nitrogens with zero attached hydrogens (tertiary/aromatic N) is 1. The summed E-state index contributed by atoms with van der Waals surface area (Å²) in [6.07, 6.45) is 0.986. The van der Waals surface area contributed by atoms with E-state index in [4.69, 9.17) is 5.11 Å². The number of hydrogen-bond acceptors (Lipinski definition) is 4. The van der Waals surface area contributed by atoms with Gasteiger partial charge in [0.1, 0.15) is 0 Å². The van der Waals surface area contributed by atoms with Gasteiger partial charge in [0, 0.05) is 18.8 Å². The molecule has 1 saturated heterocycles. The fourth-order valence-corrected chi connectivity index (χ4v) is 3.50. The average Bonchev–Trinajstić information content (AvgIpc) is 2.46. The molecule has 1 aromatic rings. The van der Waals surface area contributed by atoms with E-state index < -0.39 is 33.9 Å². The predicted octanol–water partition coefficient (Wildman–Crippen LogP) is 1.48. The van der Waals surface area contributed by atoms with E-state index in [-0.39, 0.29) is 17.9 Å². The Balaban J connectivity index is 2.17. The van der Waals surface area contributed by atoms with Crippen molar-refractivity contribution < 1.29 is 28.2 Å². The lowest BCUT2D eigenvalue weighted by Crippen LogP contribution is -2.47. The number of aliphatic carboxylic acids is 1. The second-order valence-electron chi connectivity index (χ2n) is 5.81. The van der Waals surface area contributed by atoms with E-state index in [1.165, 1.54) is 17.0 Å². The van der Waals surface area contributed by atoms with Crippen LogP contribution in [-0.4, -0.2) is 54.4 Å². The second-order valence-corrected chi connectivity index (χ2v) is 7.83. The summed E-state index contributed by atoms with van der Waals surface area (Å²) in [6.45, 7) is 0.193. The van der Waals surface area contributed by atoms with E-state index in [0.29, 0.717) is 12.8 Å². The number of hydrogen-bond donors (Lipinski definition) is 2. The van der Waals surface area contributed by atoms with Gasteiger partial charge in [-0.05, 0) is 37.0 Å². The molecule has 1 amide bonds. The van der Waals surface area contributed by atoms with E-state index in [0.717, 1.165) is 11.8 Å². The topological polar surface area (TPSA) is 112 Å². The van der Waals surface area contributed by atoms with Crippen molar-refractivity contribution in [2.75, 3.05) is 12.8 Å². The Hall–Kier alpha value is -2.09. The summed E-state index contributed by atoms with van der Waals surface area (Å²) in [5, 5.41) is 18.4. The highest BCUT2D eigenvalue weighted by molar-refractivity contribution is 7.90. The lowest BCUT2D eigenvalue weighted by atomic mass is 9.88. The van der Waals surface area contributed by atoms with Crippen LogP contribution in [0.25, 0.3) is 0 Å². The van der Waals surface area contributed by atoms with Crippen LogP contribution >= 0.6 is 0 Å². The number of likely N-dealkylation sites (tertiary alicyclic amines) is 1. The van der Waals surface area contributed by atoms with Crippen molar-refractivity contribution >= 4 is 21.9 Å². The van der Waals surface area contributed by atoms with Crippen LogP contribution in [0, 0.1) is 5.92 Å². The van der Waals surface area contributed by atoms with E-state index >= 15 is 0 Å². The molecule has 0 radical (unpaired) electrons. The summed E-state index contributed by atoms with van der Waals surface area (Å²) >= 11 is 0. The third kappa shape index (κ3) is 4.22. The Morgan fingerprint density at radius 3 is 2.30 bits per heavy atom. The SMILES string of the molecule is CS(=O)(=O)c1ccc(CC2CC(C(=O)O)CCN2C(=O)O)cc1. The molecule has 7 nitrogen and oxygen atoms in total. The number of carbonyl (C=O) groups is 2. The van der Waals surface area contributed by atoms with Gasteiger partial charge in [0.2, 0.25) is 0 Å². The van der Waals surface area contributed by atoms with Gasteiger partial charge in [0.25, 0.3) is 0 Å². The van der Waals surface area contributed by atoms with Crippen LogP contribution in [0.5, 0.6) is 0 Å². The van der Waals surface area contributed by atoms with Gasteiger partial charge in [0.05, 0.1) is 10.8 Å². The van der Waals surface area contributed by atoms with Crippen molar-refractivity contribution in [1.29, 1.82) is 0 Å². The zero-order valence-electron chi connectivity index (χ0n) is 12.7. The molecule has 1 heterocycles. The maximum Gasteiger partial charge on any atom is 0.407 e. The molecule has 1 aliphatic heterocycles. The van der Waals surface area contributed by atoms with Crippen LogP contribution < -0.4 is 0 Å². The maximum absolute atomic E-state index is 11.4. The van der Waals surface area contributed by atoms with Crippen molar-refractivity contribution in [2.24, 2.45) is 5.92 Å². The molecule has 2 unspecified atom stereocenters. The van der Waals surface area contributed by atoms with Gasteiger partial charge in [-0.2, -0.15) is 0 Å². The molecule has 126 valence electrons. The van der Waals surface area contributed by atoms with Crippen LogP contribution in [0.3, 0.4) is 0 Å². The van der Waals surface area contributed by atoms with Crippen LogP contribution in [0.15, 0.2) is 29.2 Å². The second kappa shape index (κ2) is 6.57. The molecule has 0 spiro atoms. The molecule has 2 atom stereocenters. The van der Waals surface area contributed by atoms with Gasteiger partial charge in [-0.25, -0.2) is 13.2 Å². The van der Waals surface area contributed by atoms with Gasteiger partial charge < -0.3 is 15.1 Å². The highest BCUT2D eigenvalue weighted by atomic mass is 32.2. The van der Waals surface area contributed by atoms with Crippen molar-refractivity contribution in [3.63, 3.8) is 0 Å². The summed E-state index contributed by atoms with van der Waals surface area (Å²) in [5.41, 5.74) is 0.777. The third-order valence-corrected chi connectivity index (χ3v) is 5.26. The number of amides is 1. The zero-order chi connectivity index (χ0) is 17.2. The van der Waals surface area contributed by atoms with Crippen molar-refractivity contribution in [1.82, 2.24) is 4.90 Å². The van der Waals surface area contributed by atoms with Crippen molar-refractivity contribution in [3.8, 4) is 0 Å². The van der Waals surface area contributed by atoms with E-state index in [2.05, 4.69) is 0 Å². The van der Waals surface area contributed by atoms with Crippen LogP contribution in [0.2, 0.25) is 0 Å². The van der Waals surface area contributed by atoms with Crippen LogP contribution in [-0.2, 0) is 21.1 Å². The standard InChI is InChI=1S/C15H19NO6S/c1-23(21,22)13-4-2-10(3-5-13)8-12-9-11(14(17)18)6-7-16(12)15(19)20/h2-5,11-12H,6-9H2,1H3,(H,17,18)(H,19,20). The molecule has 2 rings (SSSR count). The normalized spacial score (nSPS) is 21.9. The molecule has 23 heavy (non-hydrogen) atoms. The number of sulfone groups is 1. The molecule has 2 N–H and O–H groups in total. The minimum absolute atomic E-state index is 0.193. The molecule has 8 heteroatoms. The van der Waals surface area contributed by atoms with Gasteiger partial charge in [0.15, 0.2) is 9.84 Å². The molecule has 0 aromatic heterocycles. The Labute approximate surface area is 134 Å². The summed E-state index contributed by atoms with van der Waals surface area (Å²) in [6, 6.07) is 5.81. The molecule has 1 fully saturated rings. The molecular weight excluding hydrogens is 322 g/mol. The van der Waals surface area contributed by atoms with Gasteiger partial charge in [-0.15, -0.1) is 0 Å². The summed E-state index contributed by atoms with van der Waals surface area (Å²) in [7, 11) is -3.28. The number of carboxylic acids is 1. The fourth-order valence-electron chi connectivity index (χ4n) is 2.87. The molecule has 1 aliphatic rings. The first-order valence-electron chi connectivity index (χ1n) is 7.20. The minimum Gasteiger partial charge on any atom is -0.481 e. The molecule has 0 aliphatic carbocycles. The smallest absolute Gasteiger partial charge is 0.407 e. The zero-order valence-corrected chi connectivity index (χ0v) is 13.5. The maximum atomic E-state index is 11.4. The Morgan fingerprint density at radius 2 is 1.83 bits per heavy atom. The lowest BCUT2D eigenvalue weighted by molar-refractivity contribution is -0.143. The van der Waals surface area contributed by atoms with Crippen LogP contribution in [0.4, 0.5) is 4.79 Å². The van der Waals surface area contributed by atoms with E-state index in [1.807, 2.05) is 0 Å². The van der Waals surface area contributed by atoms with Crippen molar-refractivity contribution in [3.05, 3.63) is 29.8 Å². The van der Waals surface area contributed by atoms with Crippen molar-refractivity contribution in [2.45, 2.75) is 30.2 Å². The molecule has 0 saturated carbocycles. The summed E-state index contributed by atoms with van der Waals surface area (Å²) in [4.78, 5) is 23.9. The Bertz CT molecular complexity index is 697.